The first kappa shape index (κ1) is 12.8. The molecular formula is C14H14O3S. The molecule has 0 aromatic heterocycles. The Bertz CT molecular complexity index is 626. The normalized spacial score (nSPS) is 11.4. The maximum Gasteiger partial charge on any atom is 0.206 e. The zero-order valence-electron chi connectivity index (χ0n) is 10.00. The zero-order valence-corrected chi connectivity index (χ0v) is 10.8. The standard InChI is InChI=1S/C14H14O3S/c1-11-2-6-13(7-3-11)18(16,17)14-8-4-12(10-15)5-9-14/h2-9,15H,10H2,1H3. The second-order valence-electron chi connectivity index (χ2n) is 4.12. The molecule has 2 aromatic carbocycles. The Morgan fingerprint density at radius 2 is 1.33 bits per heavy atom. The molecule has 0 aliphatic rings. The van der Waals surface area contributed by atoms with Crippen LogP contribution in [0.3, 0.4) is 0 Å². The molecule has 0 saturated heterocycles. The van der Waals surface area contributed by atoms with Crippen LogP contribution in [0.5, 0.6) is 0 Å². The molecule has 3 nitrogen and oxygen atoms in total. The van der Waals surface area contributed by atoms with Crippen molar-refractivity contribution in [1.82, 2.24) is 0 Å². The van der Waals surface area contributed by atoms with Gasteiger partial charge in [0.15, 0.2) is 0 Å². The van der Waals surface area contributed by atoms with Crippen LogP contribution in [-0.4, -0.2) is 13.5 Å². The zero-order chi connectivity index (χ0) is 13.2. The molecule has 0 aliphatic carbocycles. The van der Waals surface area contributed by atoms with Crippen LogP contribution >= 0.6 is 0 Å². The second-order valence-corrected chi connectivity index (χ2v) is 6.07. The summed E-state index contributed by atoms with van der Waals surface area (Å²) in [5, 5.41) is 8.93. The number of sulfone groups is 1. The highest BCUT2D eigenvalue weighted by Gasteiger charge is 2.16. The van der Waals surface area contributed by atoms with Crippen LogP contribution in [-0.2, 0) is 16.4 Å². The number of aliphatic hydroxyl groups excluding tert-OH is 1. The predicted octanol–water partition coefficient (Wildman–Crippen LogP) is 2.32. The van der Waals surface area contributed by atoms with Gasteiger partial charge in [-0.25, -0.2) is 8.42 Å². The third kappa shape index (κ3) is 2.44. The maximum atomic E-state index is 12.3. The van der Waals surface area contributed by atoms with E-state index in [0.29, 0.717) is 5.56 Å². The minimum absolute atomic E-state index is 0.0924. The third-order valence-electron chi connectivity index (χ3n) is 2.75. The van der Waals surface area contributed by atoms with Gasteiger partial charge in [-0.1, -0.05) is 29.8 Å². The molecule has 0 spiro atoms. The average molecular weight is 262 g/mol. The van der Waals surface area contributed by atoms with Gasteiger partial charge in [0.1, 0.15) is 0 Å². The van der Waals surface area contributed by atoms with Crippen LogP contribution in [0, 0.1) is 6.92 Å². The van der Waals surface area contributed by atoms with Crippen molar-refractivity contribution >= 4 is 9.84 Å². The highest BCUT2D eigenvalue weighted by Crippen LogP contribution is 2.21. The van der Waals surface area contributed by atoms with Gasteiger partial charge in [-0.15, -0.1) is 0 Å². The van der Waals surface area contributed by atoms with E-state index in [-0.39, 0.29) is 16.4 Å². The van der Waals surface area contributed by atoms with Gasteiger partial charge in [0.05, 0.1) is 16.4 Å². The lowest BCUT2D eigenvalue weighted by Gasteiger charge is -2.05. The fourth-order valence-corrected chi connectivity index (χ4v) is 2.89. The lowest BCUT2D eigenvalue weighted by atomic mass is 10.2. The summed E-state index contributed by atoms with van der Waals surface area (Å²) >= 11 is 0. The summed E-state index contributed by atoms with van der Waals surface area (Å²) in [6.45, 7) is 1.82. The quantitative estimate of drug-likeness (QED) is 0.923. The van der Waals surface area contributed by atoms with E-state index in [0.717, 1.165) is 5.56 Å². The molecule has 1 N–H and O–H groups in total. The van der Waals surface area contributed by atoms with E-state index >= 15 is 0 Å². The molecule has 0 amide bonds. The largest absolute Gasteiger partial charge is 0.392 e. The predicted molar refractivity (Wildman–Crippen MR) is 69.0 cm³/mol. The van der Waals surface area contributed by atoms with E-state index in [4.69, 9.17) is 5.11 Å². The number of aryl methyl sites for hydroxylation is 1. The van der Waals surface area contributed by atoms with E-state index in [1.54, 1.807) is 36.4 Å². The van der Waals surface area contributed by atoms with Gasteiger partial charge in [-0.3, -0.25) is 0 Å². The Hall–Kier alpha value is -1.65. The van der Waals surface area contributed by atoms with Gasteiger partial charge >= 0.3 is 0 Å². The van der Waals surface area contributed by atoms with E-state index in [1.807, 2.05) is 6.92 Å². The summed E-state index contributed by atoms with van der Waals surface area (Å²) < 4.78 is 24.6. The van der Waals surface area contributed by atoms with Crippen molar-refractivity contribution in [1.29, 1.82) is 0 Å². The van der Waals surface area contributed by atoms with Crippen LogP contribution in [0.2, 0.25) is 0 Å². The van der Waals surface area contributed by atoms with E-state index in [2.05, 4.69) is 0 Å². The van der Waals surface area contributed by atoms with Gasteiger partial charge in [0.25, 0.3) is 0 Å². The average Bonchev–Trinajstić information content (AvgIpc) is 2.39. The monoisotopic (exact) mass is 262 g/mol. The molecule has 2 rings (SSSR count). The Morgan fingerprint density at radius 3 is 1.78 bits per heavy atom. The summed E-state index contributed by atoms with van der Waals surface area (Å²) in [7, 11) is -3.46. The van der Waals surface area contributed by atoms with Gasteiger partial charge in [-0.05, 0) is 36.8 Å². The topological polar surface area (TPSA) is 54.4 Å². The fourth-order valence-electron chi connectivity index (χ4n) is 1.63. The minimum Gasteiger partial charge on any atom is -0.392 e. The van der Waals surface area contributed by atoms with Crippen molar-refractivity contribution in [3.63, 3.8) is 0 Å². The molecule has 0 heterocycles. The minimum atomic E-state index is -3.46. The smallest absolute Gasteiger partial charge is 0.206 e. The molecule has 0 fully saturated rings. The molecule has 2 aromatic rings. The van der Waals surface area contributed by atoms with Gasteiger partial charge in [-0.2, -0.15) is 0 Å². The highest BCUT2D eigenvalue weighted by molar-refractivity contribution is 7.91. The number of aliphatic hydroxyl groups is 1. The number of benzene rings is 2. The summed E-state index contributed by atoms with van der Waals surface area (Å²) in [6, 6.07) is 13.0. The first-order valence-corrected chi connectivity index (χ1v) is 7.04. The van der Waals surface area contributed by atoms with Crippen molar-refractivity contribution in [3.05, 3.63) is 59.7 Å². The molecule has 4 heteroatoms. The van der Waals surface area contributed by atoms with Crippen molar-refractivity contribution in [2.24, 2.45) is 0 Å². The molecule has 18 heavy (non-hydrogen) atoms. The molecule has 0 saturated carbocycles. The molecule has 0 radical (unpaired) electrons. The van der Waals surface area contributed by atoms with E-state index in [9.17, 15) is 8.42 Å². The Labute approximate surface area is 107 Å². The highest BCUT2D eigenvalue weighted by atomic mass is 32.2. The van der Waals surface area contributed by atoms with Crippen molar-refractivity contribution in [2.75, 3.05) is 0 Å². The molecule has 0 unspecified atom stereocenters. The Morgan fingerprint density at radius 1 is 0.889 bits per heavy atom. The SMILES string of the molecule is Cc1ccc(S(=O)(=O)c2ccc(CO)cc2)cc1. The Kier molecular flexibility index (Phi) is 3.50. The van der Waals surface area contributed by atoms with Gasteiger partial charge in [0.2, 0.25) is 9.84 Å². The summed E-state index contributed by atoms with van der Waals surface area (Å²) in [5.41, 5.74) is 1.71. The van der Waals surface area contributed by atoms with E-state index < -0.39 is 9.84 Å². The lowest BCUT2D eigenvalue weighted by molar-refractivity contribution is 0.282. The van der Waals surface area contributed by atoms with Crippen molar-refractivity contribution in [3.8, 4) is 0 Å². The Balaban J connectivity index is 2.44. The van der Waals surface area contributed by atoms with Crippen molar-refractivity contribution < 1.29 is 13.5 Å². The van der Waals surface area contributed by atoms with E-state index in [1.165, 1.54) is 12.1 Å². The lowest BCUT2D eigenvalue weighted by Crippen LogP contribution is -2.02. The van der Waals surface area contributed by atoms with Crippen molar-refractivity contribution in [2.45, 2.75) is 23.3 Å². The maximum absolute atomic E-state index is 12.3. The van der Waals surface area contributed by atoms with Gasteiger partial charge in [0, 0.05) is 0 Å². The first-order chi connectivity index (χ1) is 8.54. The summed E-state index contributed by atoms with van der Waals surface area (Å²) in [5.74, 6) is 0. The van der Waals surface area contributed by atoms with Crippen LogP contribution < -0.4 is 0 Å². The molecular weight excluding hydrogens is 248 g/mol. The second kappa shape index (κ2) is 4.92. The van der Waals surface area contributed by atoms with Crippen LogP contribution in [0.15, 0.2) is 58.3 Å². The molecule has 0 aliphatic heterocycles. The fraction of sp³-hybridized carbons (Fsp3) is 0.143. The van der Waals surface area contributed by atoms with Crippen LogP contribution in [0.25, 0.3) is 0 Å². The van der Waals surface area contributed by atoms with Crippen LogP contribution in [0.1, 0.15) is 11.1 Å². The first-order valence-electron chi connectivity index (χ1n) is 5.55. The number of hydrogen-bond donors (Lipinski definition) is 1. The number of hydrogen-bond acceptors (Lipinski definition) is 3. The summed E-state index contributed by atoms with van der Waals surface area (Å²) in [6.07, 6.45) is 0. The third-order valence-corrected chi connectivity index (χ3v) is 4.53. The molecule has 94 valence electrons. The van der Waals surface area contributed by atoms with Gasteiger partial charge < -0.3 is 5.11 Å². The number of rotatable bonds is 3. The molecule has 0 atom stereocenters. The van der Waals surface area contributed by atoms with Crippen LogP contribution in [0.4, 0.5) is 0 Å². The molecule has 0 bridgehead atoms. The summed E-state index contributed by atoms with van der Waals surface area (Å²) in [4.78, 5) is 0.522.